The van der Waals surface area contributed by atoms with Crippen LogP contribution in [0.5, 0.6) is 0 Å². The number of ether oxygens (including phenoxy) is 3. The highest BCUT2D eigenvalue weighted by molar-refractivity contribution is 7.92. The van der Waals surface area contributed by atoms with Gasteiger partial charge in [-0.25, -0.2) is 8.42 Å². The topological polar surface area (TPSA) is 78.9 Å². The molecular weight excluding hydrogens is 248 g/mol. The number of carbonyl (C=O) groups excluding carboxylic acids is 1. The molecule has 17 heavy (non-hydrogen) atoms. The fourth-order valence-corrected chi connectivity index (χ4v) is 2.76. The molecule has 0 unspecified atom stereocenters. The third-order valence-corrected chi connectivity index (χ3v) is 3.91. The quantitative estimate of drug-likeness (QED) is 0.635. The van der Waals surface area contributed by atoms with Gasteiger partial charge < -0.3 is 14.2 Å². The van der Waals surface area contributed by atoms with Crippen molar-refractivity contribution in [3.05, 3.63) is 0 Å². The Kier molecular flexibility index (Phi) is 4.91. The van der Waals surface area contributed by atoms with E-state index in [0.29, 0.717) is 13.2 Å². The number of sulfone groups is 1. The van der Waals surface area contributed by atoms with Gasteiger partial charge in [0.15, 0.2) is 15.6 Å². The van der Waals surface area contributed by atoms with E-state index in [4.69, 9.17) is 9.47 Å². The fourth-order valence-electron chi connectivity index (χ4n) is 1.50. The molecule has 7 heteroatoms. The normalized spacial score (nSPS) is 19.2. The molecule has 1 fully saturated rings. The van der Waals surface area contributed by atoms with Crippen molar-refractivity contribution in [3.63, 3.8) is 0 Å². The first-order chi connectivity index (χ1) is 7.87. The third-order valence-electron chi connectivity index (χ3n) is 2.41. The zero-order chi connectivity index (χ0) is 12.9. The minimum Gasteiger partial charge on any atom is -0.465 e. The first-order valence-electron chi connectivity index (χ1n) is 5.51. The van der Waals surface area contributed by atoms with E-state index in [-0.39, 0.29) is 18.8 Å². The Labute approximate surface area is 101 Å². The number of esters is 1. The lowest BCUT2D eigenvalue weighted by molar-refractivity contribution is -0.143. The van der Waals surface area contributed by atoms with Gasteiger partial charge in [-0.3, -0.25) is 4.79 Å². The molecule has 0 N–H and O–H groups in total. The molecule has 1 rings (SSSR count). The molecule has 0 saturated carbocycles. The molecule has 1 heterocycles. The molecule has 0 amide bonds. The van der Waals surface area contributed by atoms with Gasteiger partial charge in [0.05, 0.1) is 25.6 Å². The molecule has 0 radical (unpaired) electrons. The van der Waals surface area contributed by atoms with E-state index in [0.717, 1.165) is 0 Å². The van der Waals surface area contributed by atoms with Crippen molar-refractivity contribution in [2.75, 3.05) is 31.3 Å². The Balaban J connectivity index is 2.41. The summed E-state index contributed by atoms with van der Waals surface area (Å²) in [5, 5.41) is 0. The molecule has 0 bridgehead atoms. The minimum absolute atomic E-state index is 0.150. The van der Waals surface area contributed by atoms with Crippen molar-refractivity contribution in [3.8, 4) is 0 Å². The average molecular weight is 266 g/mol. The van der Waals surface area contributed by atoms with Gasteiger partial charge in [-0.2, -0.15) is 0 Å². The van der Waals surface area contributed by atoms with Gasteiger partial charge in [-0.1, -0.05) is 0 Å². The van der Waals surface area contributed by atoms with E-state index in [1.807, 2.05) is 0 Å². The first kappa shape index (κ1) is 14.4. The summed E-state index contributed by atoms with van der Waals surface area (Å²) in [7, 11) is -3.46. The lowest BCUT2D eigenvalue weighted by atomic mass is 10.2. The van der Waals surface area contributed by atoms with Crippen LogP contribution in [0.25, 0.3) is 0 Å². The maximum Gasteiger partial charge on any atom is 0.321 e. The second kappa shape index (κ2) is 5.79. The molecule has 1 saturated heterocycles. The molecule has 1 aliphatic heterocycles. The molecule has 0 spiro atoms. The summed E-state index contributed by atoms with van der Waals surface area (Å²) in [6, 6.07) is 0. The Bertz CT molecular complexity index is 355. The maximum atomic E-state index is 11.6. The highest BCUT2D eigenvalue weighted by Crippen LogP contribution is 2.23. The fraction of sp³-hybridized carbons (Fsp3) is 0.900. The summed E-state index contributed by atoms with van der Waals surface area (Å²) in [4.78, 5) is 11.1. The van der Waals surface area contributed by atoms with Crippen LogP contribution in [0.4, 0.5) is 0 Å². The minimum atomic E-state index is -3.46. The SMILES string of the molecule is CCOC(=O)CS(=O)(=O)CCC1(C)OCCO1. The molecule has 1 aliphatic rings. The van der Waals surface area contributed by atoms with Crippen LogP contribution >= 0.6 is 0 Å². The van der Waals surface area contributed by atoms with E-state index in [2.05, 4.69) is 4.74 Å². The van der Waals surface area contributed by atoms with Crippen molar-refractivity contribution in [2.45, 2.75) is 26.1 Å². The number of rotatable bonds is 6. The van der Waals surface area contributed by atoms with Crippen LogP contribution in [-0.2, 0) is 28.8 Å². The first-order valence-corrected chi connectivity index (χ1v) is 7.33. The van der Waals surface area contributed by atoms with Crippen LogP contribution in [0.3, 0.4) is 0 Å². The number of hydrogen-bond donors (Lipinski definition) is 0. The molecule has 0 aromatic carbocycles. The van der Waals surface area contributed by atoms with Crippen molar-refractivity contribution in [1.29, 1.82) is 0 Å². The van der Waals surface area contributed by atoms with Gasteiger partial charge in [0.1, 0.15) is 5.75 Å². The predicted molar refractivity (Wildman–Crippen MR) is 60.2 cm³/mol. The largest absolute Gasteiger partial charge is 0.465 e. The van der Waals surface area contributed by atoms with Gasteiger partial charge >= 0.3 is 5.97 Å². The Morgan fingerprint density at radius 3 is 2.47 bits per heavy atom. The molecule has 6 nitrogen and oxygen atoms in total. The van der Waals surface area contributed by atoms with Crippen LogP contribution in [0, 0.1) is 0 Å². The van der Waals surface area contributed by atoms with Crippen molar-refractivity contribution >= 4 is 15.8 Å². The summed E-state index contributed by atoms with van der Waals surface area (Å²) >= 11 is 0. The van der Waals surface area contributed by atoms with E-state index in [1.54, 1.807) is 13.8 Å². The second-order valence-corrected chi connectivity index (χ2v) is 6.16. The standard InChI is InChI=1S/C10H18O6S/c1-3-14-9(11)8-17(12,13)7-4-10(2)15-5-6-16-10/h3-8H2,1-2H3. The summed E-state index contributed by atoms with van der Waals surface area (Å²) < 4.78 is 38.4. The molecule has 0 aromatic rings. The average Bonchev–Trinajstić information content (AvgIpc) is 2.63. The van der Waals surface area contributed by atoms with E-state index in [1.165, 1.54) is 0 Å². The number of hydrogen-bond acceptors (Lipinski definition) is 6. The summed E-state index contributed by atoms with van der Waals surface area (Å²) in [5.41, 5.74) is 0. The lowest BCUT2D eigenvalue weighted by Crippen LogP contribution is -2.30. The van der Waals surface area contributed by atoms with Crippen molar-refractivity contribution in [2.24, 2.45) is 0 Å². The Morgan fingerprint density at radius 1 is 1.35 bits per heavy atom. The molecular formula is C10H18O6S. The number of carbonyl (C=O) groups is 1. The monoisotopic (exact) mass is 266 g/mol. The smallest absolute Gasteiger partial charge is 0.321 e. The summed E-state index contributed by atoms with van der Waals surface area (Å²) in [6.45, 7) is 4.44. The van der Waals surface area contributed by atoms with Crippen LogP contribution in [-0.4, -0.2) is 51.5 Å². The van der Waals surface area contributed by atoms with Gasteiger partial charge in [0.25, 0.3) is 0 Å². The zero-order valence-corrected chi connectivity index (χ0v) is 10.9. The van der Waals surface area contributed by atoms with Crippen LogP contribution in [0.15, 0.2) is 0 Å². The maximum absolute atomic E-state index is 11.6. The third kappa shape index (κ3) is 5.01. The molecule has 100 valence electrons. The second-order valence-electron chi connectivity index (χ2n) is 3.98. The van der Waals surface area contributed by atoms with Crippen LogP contribution < -0.4 is 0 Å². The van der Waals surface area contributed by atoms with Crippen molar-refractivity contribution in [1.82, 2.24) is 0 Å². The predicted octanol–water partition coefficient (Wildman–Crippen LogP) is 0.117. The highest BCUT2D eigenvalue weighted by atomic mass is 32.2. The molecule has 0 atom stereocenters. The van der Waals surface area contributed by atoms with Gasteiger partial charge in [-0.15, -0.1) is 0 Å². The van der Waals surface area contributed by atoms with E-state index >= 15 is 0 Å². The van der Waals surface area contributed by atoms with Gasteiger partial charge in [-0.05, 0) is 13.8 Å². The van der Waals surface area contributed by atoms with E-state index < -0.39 is 27.3 Å². The molecule has 0 aliphatic carbocycles. The van der Waals surface area contributed by atoms with E-state index in [9.17, 15) is 13.2 Å². The van der Waals surface area contributed by atoms with Crippen molar-refractivity contribution < 1.29 is 27.4 Å². The van der Waals surface area contributed by atoms with Crippen LogP contribution in [0.2, 0.25) is 0 Å². The van der Waals surface area contributed by atoms with Gasteiger partial charge in [0.2, 0.25) is 0 Å². The zero-order valence-electron chi connectivity index (χ0n) is 10.1. The Hall–Kier alpha value is -0.660. The lowest BCUT2D eigenvalue weighted by Gasteiger charge is -2.21. The molecule has 0 aromatic heterocycles. The van der Waals surface area contributed by atoms with Crippen LogP contribution in [0.1, 0.15) is 20.3 Å². The summed E-state index contributed by atoms with van der Waals surface area (Å²) in [5.74, 6) is -2.30. The van der Waals surface area contributed by atoms with Gasteiger partial charge in [0, 0.05) is 6.42 Å². The Morgan fingerprint density at radius 2 is 1.94 bits per heavy atom. The summed E-state index contributed by atoms with van der Waals surface area (Å²) in [6.07, 6.45) is 0.217. The highest BCUT2D eigenvalue weighted by Gasteiger charge is 2.33.